The molecule has 0 radical (unpaired) electrons. The van der Waals surface area contributed by atoms with Gasteiger partial charge < -0.3 is 20.7 Å². The molecule has 0 aliphatic heterocycles. The SMILES string of the molecule is CC(C)(C)OC(N)=O.CCCC(=O)O.CCCC(CC)CO. The second kappa shape index (κ2) is 16.1. The van der Waals surface area contributed by atoms with E-state index in [2.05, 4.69) is 18.6 Å². The van der Waals surface area contributed by atoms with Crippen molar-refractivity contribution in [2.75, 3.05) is 6.61 Å². The average Bonchev–Trinajstić information content (AvgIpc) is 2.34. The molecule has 0 rings (SSSR count). The maximum Gasteiger partial charge on any atom is 0.405 e. The Morgan fingerprint density at radius 1 is 1.14 bits per heavy atom. The molecular weight excluding hydrogens is 286 g/mol. The lowest BCUT2D eigenvalue weighted by Crippen LogP contribution is -2.27. The Balaban J connectivity index is -0.000000249. The van der Waals surface area contributed by atoms with E-state index in [1.165, 1.54) is 12.8 Å². The Morgan fingerprint density at radius 2 is 1.64 bits per heavy atom. The molecule has 1 atom stereocenters. The fourth-order valence-corrected chi connectivity index (χ4v) is 1.35. The molecule has 0 aromatic carbocycles. The minimum atomic E-state index is -0.725. The molecule has 1 unspecified atom stereocenters. The van der Waals surface area contributed by atoms with Crippen LogP contribution in [0.15, 0.2) is 0 Å². The van der Waals surface area contributed by atoms with Crippen LogP contribution < -0.4 is 5.73 Å². The van der Waals surface area contributed by atoms with Gasteiger partial charge in [0.2, 0.25) is 0 Å². The number of primary amides is 1. The van der Waals surface area contributed by atoms with Gasteiger partial charge in [0.25, 0.3) is 0 Å². The fraction of sp³-hybridized carbons (Fsp3) is 0.875. The number of aliphatic carboxylic acids is 1. The Hall–Kier alpha value is -1.30. The van der Waals surface area contributed by atoms with Crippen molar-refractivity contribution < 1.29 is 24.5 Å². The van der Waals surface area contributed by atoms with Crippen LogP contribution in [-0.4, -0.2) is 34.5 Å². The molecule has 6 heteroatoms. The maximum atomic E-state index is 10.0. The number of aliphatic hydroxyl groups is 1. The van der Waals surface area contributed by atoms with Crippen molar-refractivity contribution in [2.24, 2.45) is 11.7 Å². The summed E-state index contributed by atoms with van der Waals surface area (Å²) in [6, 6.07) is 0. The predicted octanol–water partition coefficient (Wildman–Crippen LogP) is 3.56. The summed E-state index contributed by atoms with van der Waals surface area (Å²) < 4.78 is 4.58. The Bertz CT molecular complexity index is 270. The number of ether oxygens (including phenoxy) is 1. The number of amides is 1. The van der Waals surface area contributed by atoms with Crippen LogP contribution >= 0.6 is 0 Å². The first-order chi connectivity index (χ1) is 10.0. The van der Waals surface area contributed by atoms with Gasteiger partial charge in [-0.05, 0) is 39.5 Å². The molecule has 0 bridgehead atoms. The Morgan fingerprint density at radius 3 is 1.68 bits per heavy atom. The topological polar surface area (TPSA) is 110 Å². The number of carbonyl (C=O) groups excluding carboxylic acids is 1. The molecular formula is C16H35NO5. The minimum Gasteiger partial charge on any atom is -0.481 e. The molecule has 1 amide bonds. The summed E-state index contributed by atoms with van der Waals surface area (Å²) in [6.07, 6.45) is 3.78. The van der Waals surface area contributed by atoms with Gasteiger partial charge in [0.15, 0.2) is 0 Å². The molecule has 0 spiro atoms. The number of rotatable bonds is 6. The number of hydrogen-bond donors (Lipinski definition) is 3. The number of hydrogen-bond acceptors (Lipinski definition) is 4. The lowest BCUT2D eigenvalue weighted by molar-refractivity contribution is -0.137. The number of carboxylic acid groups (broad SMARTS) is 1. The van der Waals surface area contributed by atoms with Crippen molar-refractivity contribution in [3.63, 3.8) is 0 Å². The van der Waals surface area contributed by atoms with Crippen molar-refractivity contribution in [1.29, 1.82) is 0 Å². The average molecular weight is 321 g/mol. The van der Waals surface area contributed by atoms with E-state index in [1.807, 2.05) is 6.92 Å². The lowest BCUT2D eigenvalue weighted by Gasteiger charge is -2.16. The fourth-order valence-electron chi connectivity index (χ4n) is 1.35. The van der Waals surface area contributed by atoms with E-state index in [0.29, 0.717) is 18.9 Å². The third-order valence-corrected chi connectivity index (χ3v) is 2.40. The first-order valence-corrected chi connectivity index (χ1v) is 7.84. The molecule has 0 aliphatic carbocycles. The standard InChI is InChI=1S/C7H16O.C5H11NO2.C4H8O2/c1-3-5-7(4-2)6-8;1-5(2,3)8-4(6)7;1-2-3-4(5)6/h7-8H,3-6H2,1-2H3;1-3H3,(H2,6,7);2-3H2,1H3,(H,5,6). The van der Waals surface area contributed by atoms with E-state index in [0.717, 1.165) is 12.8 Å². The molecule has 0 saturated carbocycles. The summed E-state index contributed by atoms with van der Waals surface area (Å²) in [5.74, 6) is -0.155. The zero-order valence-electron chi connectivity index (χ0n) is 15.0. The lowest BCUT2D eigenvalue weighted by atomic mass is 10.0. The van der Waals surface area contributed by atoms with E-state index in [9.17, 15) is 9.59 Å². The van der Waals surface area contributed by atoms with Crippen molar-refractivity contribution in [2.45, 2.75) is 79.2 Å². The van der Waals surface area contributed by atoms with Gasteiger partial charge >= 0.3 is 12.1 Å². The molecule has 0 fully saturated rings. The van der Waals surface area contributed by atoms with Crippen molar-refractivity contribution in [3.05, 3.63) is 0 Å². The maximum absolute atomic E-state index is 10.0. The van der Waals surface area contributed by atoms with Gasteiger partial charge in [-0.3, -0.25) is 4.79 Å². The third-order valence-electron chi connectivity index (χ3n) is 2.40. The highest BCUT2D eigenvalue weighted by molar-refractivity contribution is 5.66. The first kappa shape index (κ1) is 25.6. The summed E-state index contributed by atoms with van der Waals surface area (Å²) in [5.41, 5.74) is 4.26. The van der Waals surface area contributed by atoms with Crippen LogP contribution in [0.4, 0.5) is 4.79 Å². The molecule has 6 nitrogen and oxygen atoms in total. The first-order valence-electron chi connectivity index (χ1n) is 7.84. The van der Waals surface area contributed by atoms with E-state index < -0.39 is 17.7 Å². The van der Waals surface area contributed by atoms with Crippen LogP contribution in [0.25, 0.3) is 0 Å². The van der Waals surface area contributed by atoms with Crippen LogP contribution in [0.5, 0.6) is 0 Å². The number of carboxylic acids is 1. The number of nitrogens with two attached hydrogens (primary N) is 1. The van der Waals surface area contributed by atoms with Crippen LogP contribution in [0.1, 0.15) is 73.6 Å². The molecule has 0 heterocycles. The second-order valence-electron chi connectivity index (χ2n) is 5.92. The molecule has 0 aromatic heterocycles. The third kappa shape index (κ3) is 31.2. The van der Waals surface area contributed by atoms with Crippen LogP contribution in [0, 0.1) is 5.92 Å². The molecule has 0 saturated heterocycles. The molecule has 134 valence electrons. The molecule has 22 heavy (non-hydrogen) atoms. The highest BCUT2D eigenvalue weighted by atomic mass is 16.6. The molecule has 0 aliphatic rings. The van der Waals surface area contributed by atoms with Crippen molar-refractivity contribution >= 4 is 12.1 Å². The monoisotopic (exact) mass is 321 g/mol. The summed E-state index contributed by atoms with van der Waals surface area (Å²) in [5, 5.41) is 16.6. The van der Waals surface area contributed by atoms with E-state index in [4.69, 9.17) is 15.9 Å². The number of aliphatic hydroxyl groups excluding tert-OH is 1. The summed E-state index contributed by atoms with van der Waals surface area (Å²) in [7, 11) is 0. The smallest absolute Gasteiger partial charge is 0.405 e. The van der Waals surface area contributed by atoms with Gasteiger partial charge in [0, 0.05) is 13.0 Å². The summed E-state index contributed by atoms with van der Waals surface area (Å²) in [6.45, 7) is 11.8. The summed E-state index contributed by atoms with van der Waals surface area (Å²) in [4.78, 5) is 19.6. The van der Waals surface area contributed by atoms with Crippen molar-refractivity contribution in [1.82, 2.24) is 0 Å². The van der Waals surface area contributed by atoms with E-state index in [-0.39, 0.29) is 0 Å². The zero-order chi connectivity index (χ0) is 18.2. The number of carbonyl (C=O) groups is 2. The van der Waals surface area contributed by atoms with Gasteiger partial charge in [-0.15, -0.1) is 0 Å². The van der Waals surface area contributed by atoms with E-state index >= 15 is 0 Å². The quantitative estimate of drug-likeness (QED) is 0.693. The highest BCUT2D eigenvalue weighted by Gasteiger charge is 2.12. The largest absolute Gasteiger partial charge is 0.481 e. The van der Waals surface area contributed by atoms with E-state index in [1.54, 1.807) is 20.8 Å². The summed E-state index contributed by atoms with van der Waals surface area (Å²) >= 11 is 0. The molecule has 0 aromatic rings. The normalized spacial score (nSPS) is 11.2. The van der Waals surface area contributed by atoms with Crippen molar-refractivity contribution in [3.8, 4) is 0 Å². The second-order valence-corrected chi connectivity index (χ2v) is 5.92. The zero-order valence-corrected chi connectivity index (χ0v) is 15.0. The highest BCUT2D eigenvalue weighted by Crippen LogP contribution is 2.08. The minimum absolute atomic E-state index is 0.292. The van der Waals surface area contributed by atoms with Gasteiger partial charge in [-0.1, -0.05) is 33.6 Å². The Kier molecular flexibility index (Phi) is 18.7. The Labute approximate surface area is 135 Å². The van der Waals surface area contributed by atoms with Crippen LogP contribution in [-0.2, 0) is 9.53 Å². The van der Waals surface area contributed by atoms with Gasteiger partial charge in [-0.25, -0.2) is 4.79 Å². The van der Waals surface area contributed by atoms with Gasteiger partial charge in [-0.2, -0.15) is 0 Å². The molecule has 4 N–H and O–H groups in total. The predicted molar refractivity (Wildman–Crippen MR) is 88.7 cm³/mol. The van der Waals surface area contributed by atoms with Gasteiger partial charge in [0.1, 0.15) is 5.60 Å². The van der Waals surface area contributed by atoms with Crippen LogP contribution in [0.3, 0.4) is 0 Å². The van der Waals surface area contributed by atoms with Gasteiger partial charge in [0.05, 0.1) is 0 Å². The van der Waals surface area contributed by atoms with Crippen LogP contribution in [0.2, 0.25) is 0 Å².